The summed E-state index contributed by atoms with van der Waals surface area (Å²) in [6.45, 7) is 6.37. The summed E-state index contributed by atoms with van der Waals surface area (Å²) >= 11 is 0. The van der Waals surface area contributed by atoms with E-state index in [1.54, 1.807) is 7.05 Å². The lowest BCUT2D eigenvalue weighted by atomic mass is 10.2. The number of benzene rings is 1. The molecule has 0 radical (unpaired) electrons. The first-order chi connectivity index (χ1) is 12.7. The van der Waals surface area contributed by atoms with Crippen molar-refractivity contribution in [3.63, 3.8) is 0 Å². The third kappa shape index (κ3) is 7.13. The van der Waals surface area contributed by atoms with Crippen molar-refractivity contribution < 1.29 is 9.26 Å². The maximum atomic E-state index is 5.66. The van der Waals surface area contributed by atoms with Gasteiger partial charge in [-0.2, -0.15) is 4.98 Å². The highest BCUT2D eigenvalue weighted by Gasteiger charge is 2.09. The van der Waals surface area contributed by atoms with Crippen molar-refractivity contribution in [2.45, 2.75) is 39.0 Å². The Morgan fingerprint density at radius 2 is 1.88 bits per heavy atom. The number of hydrogen-bond donors (Lipinski definition) is 2. The van der Waals surface area contributed by atoms with E-state index in [0.29, 0.717) is 18.4 Å². The van der Waals surface area contributed by atoms with Crippen LogP contribution in [0.5, 0.6) is 5.75 Å². The number of guanidine groups is 1. The topological polar surface area (TPSA) is 84.6 Å². The Morgan fingerprint density at radius 1 is 1.15 bits per heavy atom. The van der Waals surface area contributed by atoms with Gasteiger partial charge in [-0.15, -0.1) is 0 Å². The standard InChI is InChI=1S/C19H29N5O2/c1-15(2)18-23-17(26-24-18)11-7-12-21-19(20-3)22-13-8-14-25-16-9-5-4-6-10-16/h4-6,9-10,15H,7-8,11-14H2,1-3H3,(H2,20,21,22). The van der Waals surface area contributed by atoms with Gasteiger partial charge in [0.05, 0.1) is 6.61 Å². The highest BCUT2D eigenvalue weighted by atomic mass is 16.5. The van der Waals surface area contributed by atoms with Gasteiger partial charge in [0.15, 0.2) is 11.8 Å². The number of ether oxygens (including phenoxy) is 1. The minimum Gasteiger partial charge on any atom is -0.494 e. The molecule has 0 saturated heterocycles. The first-order valence-corrected chi connectivity index (χ1v) is 9.14. The van der Waals surface area contributed by atoms with Gasteiger partial charge in [-0.1, -0.05) is 37.2 Å². The summed E-state index contributed by atoms with van der Waals surface area (Å²) in [5.74, 6) is 3.44. The molecule has 7 heteroatoms. The van der Waals surface area contributed by atoms with E-state index < -0.39 is 0 Å². The highest BCUT2D eigenvalue weighted by molar-refractivity contribution is 5.79. The monoisotopic (exact) mass is 359 g/mol. The van der Waals surface area contributed by atoms with Crippen LogP contribution in [0, 0.1) is 0 Å². The molecule has 0 saturated carbocycles. The molecule has 0 unspecified atom stereocenters. The largest absolute Gasteiger partial charge is 0.494 e. The van der Waals surface area contributed by atoms with Crippen molar-refractivity contribution in [1.82, 2.24) is 20.8 Å². The van der Waals surface area contributed by atoms with E-state index in [1.807, 2.05) is 30.3 Å². The smallest absolute Gasteiger partial charge is 0.226 e. The summed E-state index contributed by atoms with van der Waals surface area (Å²) in [4.78, 5) is 8.59. The molecule has 0 aliphatic carbocycles. The molecule has 142 valence electrons. The molecule has 0 amide bonds. The molecule has 2 rings (SSSR count). The number of rotatable bonds is 10. The summed E-state index contributed by atoms with van der Waals surface area (Å²) < 4.78 is 10.9. The Morgan fingerprint density at radius 3 is 2.54 bits per heavy atom. The van der Waals surface area contributed by atoms with Gasteiger partial charge in [-0.25, -0.2) is 0 Å². The lowest BCUT2D eigenvalue weighted by molar-refractivity contribution is 0.311. The normalized spacial score (nSPS) is 11.6. The first kappa shape index (κ1) is 19.8. The van der Waals surface area contributed by atoms with Crippen molar-refractivity contribution in [1.29, 1.82) is 0 Å². The number of hydrogen-bond acceptors (Lipinski definition) is 5. The Bertz CT molecular complexity index is 655. The molecule has 1 aromatic carbocycles. The van der Waals surface area contributed by atoms with Gasteiger partial charge in [0.1, 0.15) is 5.75 Å². The zero-order chi connectivity index (χ0) is 18.6. The minimum absolute atomic E-state index is 0.291. The minimum atomic E-state index is 0.291. The molecule has 26 heavy (non-hydrogen) atoms. The zero-order valence-corrected chi connectivity index (χ0v) is 15.9. The Hall–Kier alpha value is -2.57. The van der Waals surface area contributed by atoms with Crippen LogP contribution in [-0.4, -0.2) is 42.8 Å². The van der Waals surface area contributed by atoms with Crippen LogP contribution < -0.4 is 15.4 Å². The van der Waals surface area contributed by atoms with Gasteiger partial charge in [-0.3, -0.25) is 4.99 Å². The van der Waals surface area contributed by atoms with E-state index >= 15 is 0 Å². The van der Waals surface area contributed by atoms with Crippen LogP contribution in [0.4, 0.5) is 0 Å². The average molecular weight is 359 g/mol. The zero-order valence-electron chi connectivity index (χ0n) is 15.9. The third-order valence-electron chi connectivity index (χ3n) is 3.71. The number of nitrogens with zero attached hydrogens (tertiary/aromatic N) is 3. The highest BCUT2D eigenvalue weighted by Crippen LogP contribution is 2.10. The summed E-state index contributed by atoms with van der Waals surface area (Å²) in [5.41, 5.74) is 0. The Labute approximate surface area is 155 Å². The van der Waals surface area contributed by atoms with Crippen LogP contribution in [0.2, 0.25) is 0 Å². The first-order valence-electron chi connectivity index (χ1n) is 9.14. The third-order valence-corrected chi connectivity index (χ3v) is 3.71. The molecule has 0 bridgehead atoms. The molecule has 0 spiro atoms. The number of aliphatic imine (C=N–C) groups is 1. The number of para-hydroxylation sites is 1. The van der Waals surface area contributed by atoms with E-state index in [1.165, 1.54) is 0 Å². The lowest BCUT2D eigenvalue weighted by Gasteiger charge is -2.11. The second-order valence-corrected chi connectivity index (χ2v) is 6.25. The molecule has 1 aromatic heterocycles. The molecular formula is C19H29N5O2. The van der Waals surface area contributed by atoms with Gasteiger partial charge in [0, 0.05) is 32.5 Å². The predicted molar refractivity (Wildman–Crippen MR) is 103 cm³/mol. The molecular weight excluding hydrogens is 330 g/mol. The molecule has 2 aromatic rings. The van der Waals surface area contributed by atoms with Crippen molar-refractivity contribution in [2.75, 3.05) is 26.7 Å². The van der Waals surface area contributed by atoms with Gasteiger partial charge in [0.25, 0.3) is 0 Å². The maximum Gasteiger partial charge on any atom is 0.226 e. The molecule has 7 nitrogen and oxygen atoms in total. The molecule has 0 fully saturated rings. The van der Waals surface area contributed by atoms with Crippen molar-refractivity contribution >= 4 is 5.96 Å². The van der Waals surface area contributed by atoms with E-state index in [0.717, 1.165) is 49.9 Å². The average Bonchev–Trinajstić information content (AvgIpc) is 3.13. The van der Waals surface area contributed by atoms with E-state index in [2.05, 4.69) is 39.6 Å². The van der Waals surface area contributed by atoms with Crippen LogP contribution in [0.15, 0.2) is 39.8 Å². The predicted octanol–water partition coefficient (Wildman–Crippen LogP) is 2.76. The van der Waals surface area contributed by atoms with E-state index in [9.17, 15) is 0 Å². The Balaban J connectivity index is 1.54. The SMILES string of the molecule is CN=C(NCCCOc1ccccc1)NCCCc1nc(C(C)C)no1. The van der Waals surface area contributed by atoms with Crippen LogP contribution in [-0.2, 0) is 6.42 Å². The van der Waals surface area contributed by atoms with Crippen molar-refractivity contribution in [3.05, 3.63) is 42.0 Å². The second kappa shape index (κ2) is 11.1. The van der Waals surface area contributed by atoms with Gasteiger partial charge >= 0.3 is 0 Å². The molecule has 1 heterocycles. The fraction of sp³-hybridized carbons (Fsp3) is 0.526. The number of aryl methyl sites for hydroxylation is 1. The van der Waals surface area contributed by atoms with E-state index in [4.69, 9.17) is 9.26 Å². The van der Waals surface area contributed by atoms with Crippen molar-refractivity contribution in [2.24, 2.45) is 4.99 Å². The van der Waals surface area contributed by atoms with Gasteiger partial charge in [0.2, 0.25) is 5.89 Å². The summed E-state index contributed by atoms with van der Waals surface area (Å²) in [6.07, 6.45) is 2.56. The lowest BCUT2D eigenvalue weighted by Crippen LogP contribution is -2.38. The van der Waals surface area contributed by atoms with Crippen LogP contribution >= 0.6 is 0 Å². The van der Waals surface area contributed by atoms with E-state index in [-0.39, 0.29) is 0 Å². The second-order valence-electron chi connectivity index (χ2n) is 6.25. The van der Waals surface area contributed by atoms with Crippen LogP contribution in [0.3, 0.4) is 0 Å². The van der Waals surface area contributed by atoms with Crippen molar-refractivity contribution in [3.8, 4) is 5.75 Å². The molecule has 0 atom stereocenters. The van der Waals surface area contributed by atoms with Crippen LogP contribution in [0.1, 0.15) is 44.3 Å². The fourth-order valence-electron chi connectivity index (χ4n) is 2.26. The molecule has 0 aliphatic heterocycles. The molecule has 2 N–H and O–H groups in total. The maximum absolute atomic E-state index is 5.66. The summed E-state index contributed by atoms with van der Waals surface area (Å²) in [6, 6.07) is 9.84. The van der Waals surface area contributed by atoms with Gasteiger partial charge < -0.3 is 19.9 Å². The number of nitrogens with one attached hydrogen (secondary N) is 2. The number of aromatic nitrogens is 2. The molecule has 0 aliphatic rings. The van der Waals surface area contributed by atoms with Crippen LogP contribution in [0.25, 0.3) is 0 Å². The van der Waals surface area contributed by atoms with Gasteiger partial charge in [-0.05, 0) is 25.0 Å². The Kier molecular flexibility index (Phi) is 8.45. The summed E-state index contributed by atoms with van der Waals surface area (Å²) in [7, 11) is 1.77. The fourth-order valence-corrected chi connectivity index (χ4v) is 2.26. The quantitative estimate of drug-likeness (QED) is 0.385. The summed E-state index contributed by atoms with van der Waals surface area (Å²) in [5, 5.41) is 10.5.